The number of ether oxygens (including phenoxy) is 7. The zero-order valence-corrected chi connectivity index (χ0v) is 26.4. The number of carbonyl (C=O) groups is 2. The van der Waals surface area contributed by atoms with Gasteiger partial charge in [0.2, 0.25) is 0 Å². The van der Waals surface area contributed by atoms with Crippen LogP contribution < -0.4 is 9.47 Å². The highest BCUT2D eigenvalue weighted by Crippen LogP contribution is 2.27. The normalized spacial score (nSPS) is 12.5. The summed E-state index contributed by atoms with van der Waals surface area (Å²) >= 11 is 0. The maximum absolute atomic E-state index is 12.5. The van der Waals surface area contributed by atoms with Crippen LogP contribution in [0.15, 0.2) is 72.8 Å². The molecule has 45 heavy (non-hydrogen) atoms. The van der Waals surface area contributed by atoms with Gasteiger partial charge >= 0.3 is 11.9 Å². The van der Waals surface area contributed by atoms with Gasteiger partial charge in [-0.25, -0.2) is 0 Å². The number of esters is 2. The summed E-state index contributed by atoms with van der Waals surface area (Å²) in [6, 6.07) is 23.5. The second kappa shape index (κ2) is 17.3. The predicted molar refractivity (Wildman–Crippen MR) is 172 cm³/mol. The molecule has 0 fully saturated rings. The summed E-state index contributed by atoms with van der Waals surface area (Å²) in [5.74, 6) is 0.222. The van der Waals surface area contributed by atoms with E-state index in [0.29, 0.717) is 26.4 Å². The van der Waals surface area contributed by atoms with Gasteiger partial charge in [0, 0.05) is 0 Å². The molecule has 0 spiro atoms. The summed E-state index contributed by atoms with van der Waals surface area (Å²) in [5, 5.41) is 4.17. The van der Waals surface area contributed by atoms with Gasteiger partial charge in [-0.05, 0) is 70.8 Å². The molecule has 9 heteroatoms. The van der Waals surface area contributed by atoms with Crippen molar-refractivity contribution in [2.24, 2.45) is 0 Å². The Kier molecular flexibility index (Phi) is 13.0. The van der Waals surface area contributed by atoms with Crippen molar-refractivity contribution in [3.8, 4) is 11.5 Å². The summed E-state index contributed by atoms with van der Waals surface area (Å²) in [6.45, 7) is 6.10. The van der Waals surface area contributed by atoms with Gasteiger partial charge in [-0.15, -0.1) is 0 Å². The maximum Gasteiger partial charge on any atom is 0.313 e. The van der Waals surface area contributed by atoms with E-state index < -0.39 is 0 Å². The van der Waals surface area contributed by atoms with Crippen LogP contribution in [-0.2, 0) is 33.3 Å². The first-order valence-electron chi connectivity index (χ1n) is 15.1. The van der Waals surface area contributed by atoms with Crippen LogP contribution in [0.1, 0.15) is 36.8 Å². The number of hydrogen-bond donors (Lipinski definition) is 0. The zero-order valence-electron chi connectivity index (χ0n) is 26.4. The maximum atomic E-state index is 12.5. The van der Waals surface area contributed by atoms with E-state index >= 15 is 0 Å². The van der Waals surface area contributed by atoms with E-state index in [4.69, 9.17) is 33.2 Å². The lowest BCUT2D eigenvalue weighted by Gasteiger charge is -2.13. The van der Waals surface area contributed by atoms with Crippen molar-refractivity contribution in [2.75, 3.05) is 67.1 Å². The third-order valence-electron chi connectivity index (χ3n) is 7.54. The topological polar surface area (TPSA) is 98.8 Å². The molecule has 4 aromatic rings. The van der Waals surface area contributed by atoms with Crippen LogP contribution in [0.5, 0.6) is 11.5 Å². The Balaban J connectivity index is 0.997. The highest BCUT2D eigenvalue weighted by molar-refractivity contribution is 5.88. The fourth-order valence-corrected chi connectivity index (χ4v) is 4.74. The molecule has 240 valence electrons. The van der Waals surface area contributed by atoms with Crippen molar-refractivity contribution in [1.82, 2.24) is 0 Å². The Bertz CT molecular complexity index is 1440. The summed E-state index contributed by atoms with van der Waals surface area (Å²) in [5.41, 5.74) is 1.79. The molecule has 0 N–H and O–H groups in total. The lowest BCUT2D eigenvalue weighted by molar-refractivity contribution is -0.147. The van der Waals surface area contributed by atoms with Gasteiger partial charge in [-0.3, -0.25) is 9.59 Å². The molecular weight excluding hydrogens is 576 g/mol. The Morgan fingerprint density at radius 1 is 0.489 bits per heavy atom. The molecule has 0 radical (unpaired) electrons. The van der Waals surface area contributed by atoms with Gasteiger partial charge in [0.05, 0.1) is 65.7 Å². The van der Waals surface area contributed by atoms with Crippen LogP contribution in [0.2, 0.25) is 0 Å². The molecule has 0 aliphatic rings. The monoisotopic (exact) mass is 618 g/mol. The molecule has 0 aromatic heterocycles. The first-order chi connectivity index (χ1) is 21.9. The Morgan fingerprint density at radius 2 is 0.822 bits per heavy atom. The Labute approximate surface area is 264 Å². The standard InChI is InChI=1S/C36H42O9/c1-25(27-5-7-31-23-33(39-3)11-9-29(31)21-27)35(37)44-19-17-42-15-13-41-14-16-43-18-20-45-36(38)26(2)28-6-8-32-24-34(40-4)12-10-30(32)22-28/h5-12,21-26H,13-20H2,1-4H3. The number of hydrogen-bond acceptors (Lipinski definition) is 9. The van der Waals surface area contributed by atoms with Crippen LogP contribution in [0.25, 0.3) is 21.5 Å². The number of carbonyl (C=O) groups excluding carboxylic acids is 2. The molecule has 0 heterocycles. The van der Waals surface area contributed by atoms with E-state index in [1.807, 2.05) is 86.6 Å². The highest BCUT2D eigenvalue weighted by Gasteiger charge is 2.18. The van der Waals surface area contributed by atoms with Crippen LogP contribution in [0.3, 0.4) is 0 Å². The average Bonchev–Trinajstić information content (AvgIpc) is 3.08. The lowest BCUT2D eigenvalue weighted by atomic mass is 9.98. The zero-order chi connectivity index (χ0) is 32.0. The molecule has 0 aliphatic heterocycles. The van der Waals surface area contributed by atoms with Gasteiger partial charge in [-0.1, -0.05) is 48.5 Å². The first-order valence-corrected chi connectivity index (χ1v) is 15.1. The Hall–Kier alpha value is -4.18. The van der Waals surface area contributed by atoms with Crippen molar-refractivity contribution >= 4 is 33.5 Å². The summed E-state index contributed by atoms with van der Waals surface area (Å²) in [6.07, 6.45) is 0. The number of methoxy groups -OCH3 is 2. The fourth-order valence-electron chi connectivity index (χ4n) is 4.74. The minimum Gasteiger partial charge on any atom is -0.497 e. The molecule has 9 nitrogen and oxygen atoms in total. The van der Waals surface area contributed by atoms with Crippen LogP contribution >= 0.6 is 0 Å². The molecule has 4 rings (SSSR count). The lowest BCUT2D eigenvalue weighted by Crippen LogP contribution is -2.18. The molecule has 2 unspecified atom stereocenters. The quantitative estimate of drug-likeness (QED) is 0.0974. The number of benzene rings is 4. The van der Waals surface area contributed by atoms with Crippen LogP contribution in [0, 0.1) is 0 Å². The molecule has 0 amide bonds. The second-order valence-corrected chi connectivity index (χ2v) is 10.6. The van der Waals surface area contributed by atoms with E-state index in [2.05, 4.69) is 0 Å². The largest absolute Gasteiger partial charge is 0.497 e. The van der Waals surface area contributed by atoms with E-state index in [-0.39, 0.29) is 50.2 Å². The average molecular weight is 619 g/mol. The van der Waals surface area contributed by atoms with E-state index in [9.17, 15) is 9.59 Å². The predicted octanol–water partition coefficient (Wildman–Crippen LogP) is 6.05. The fraction of sp³-hybridized carbons (Fsp3) is 0.389. The SMILES string of the molecule is COc1ccc2cc(C(C)C(=O)OCCOCCOCCOCCOC(=O)C(C)c3ccc4cc(OC)ccc4c3)ccc2c1. The van der Waals surface area contributed by atoms with Gasteiger partial charge in [0.15, 0.2) is 0 Å². The van der Waals surface area contributed by atoms with Crippen LogP contribution in [0.4, 0.5) is 0 Å². The van der Waals surface area contributed by atoms with E-state index in [1.165, 1.54) is 0 Å². The summed E-state index contributed by atoms with van der Waals surface area (Å²) in [4.78, 5) is 25.0. The number of fused-ring (bicyclic) bond motifs is 2. The van der Waals surface area contributed by atoms with Crippen molar-refractivity contribution in [3.63, 3.8) is 0 Å². The third kappa shape index (κ3) is 9.91. The van der Waals surface area contributed by atoms with E-state index in [0.717, 1.165) is 44.2 Å². The second-order valence-electron chi connectivity index (χ2n) is 10.6. The van der Waals surface area contributed by atoms with Gasteiger partial charge in [-0.2, -0.15) is 0 Å². The Morgan fingerprint density at radius 3 is 1.20 bits per heavy atom. The van der Waals surface area contributed by atoms with E-state index in [1.54, 1.807) is 14.2 Å². The molecule has 0 saturated carbocycles. The minimum atomic E-state index is -0.387. The van der Waals surface area contributed by atoms with Crippen molar-refractivity contribution < 1.29 is 42.7 Å². The third-order valence-corrected chi connectivity index (χ3v) is 7.54. The molecular formula is C36H42O9. The molecule has 4 aromatic carbocycles. The summed E-state index contributed by atoms with van der Waals surface area (Å²) in [7, 11) is 3.28. The van der Waals surface area contributed by atoms with Gasteiger partial charge in [0.25, 0.3) is 0 Å². The summed E-state index contributed by atoms with van der Waals surface area (Å²) < 4.78 is 37.8. The molecule has 0 saturated heterocycles. The molecule has 2 atom stereocenters. The van der Waals surface area contributed by atoms with Gasteiger partial charge < -0.3 is 33.2 Å². The van der Waals surface area contributed by atoms with Crippen LogP contribution in [-0.4, -0.2) is 79.0 Å². The number of rotatable bonds is 18. The molecule has 0 aliphatic carbocycles. The van der Waals surface area contributed by atoms with Gasteiger partial charge in [0.1, 0.15) is 24.7 Å². The van der Waals surface area contributed by atoms with Crippen molar-refractivity contribution in [1.29, 1.82) is 0 Å². The first kappa shape index (κ1) is 33.7. The van der Waals surface area contributed by atoms with Crippen molar-refractivity contribution in [3.05, 3.63) is 83.9 Å². The smallest absolute Gasteiger partial charge is 0.313 e. The minimum absolute atomic E-state index is 0.171. The van der Waals surface area contributed by atoms with Crippen molar-refractivity contribution in [2.45, 2.75) is 25.7 Å². The molecule has 0 bridgehead atoms. The highest BCUT2D eigenvalue weighted by atomic mass is 16.6.